The Labute approximate surface area is 110 Å². The summed E-state index contributed by atoms with van der Waals surface area (Å²) in [6.07, 6.45) is 2.13. The van der Waals surface area contributed by atoms with E-state index < -0.39 is 0 Å². The maximum atomic E-state index is 5.63. The largest absolute Gasteiger partial charge is 0.490 e. The van der Waals surface area contributed by atoms with Gasteiger partial charge in [-0.15, -0.1) is 0 Å². The van der Waals surface area contributed by atoms with E-state index in [1.165, 1.54) is 5.56 Å². The Balaban J connectivity index is 2.84. The number of nitrogens with one attached hydrogen (secondary N) is 1. The fraction of sp³-hybridized carbons (Fsp3) is 0.600. The molecule has 0 saturated heterocycles. The molecular weight excluding hydrogens is 226 g/mol. The SMILES string of the molecule is CCOc1ccc(CC(CC)NC)cc1OCC. The fourth-order valence-electron chi connectivity index (χ4n) is 1.96. The van der Waals surface area contributed by atoms with Gasteiger partial charge in [0.15, 0.2) is 11.5 Å². The Hall–Kier alpha value is -1.22. The highest BCUT2D eigenvalue weighted by molar-refractivity contribution is 5.43. The van der Waals surface area contributed by atoms with Gasteiger partial charge in [-0.1, -0.05) is 13.0 Å². The van der Waals surface area contributed by atoms with Crippen molar-refractivity contribution in [1.29, 1.82) is 0 Å². The van der Waals surface area contributed by atoms with Gasteiger partial charge >= 0.3 is 0 Å². The van der Waals surface area contributed by atoms with Crippen molar-refractivity contribution in [2.24, 2.45) is 0 Å². The van der Waals surface area contributed by atoms with E-state index in [9.17, 15) is 0 Å². The Morgan fingerprint density at radius 3 is 2.28 bits per heavy atom. The Morgan fingerprint density at radius 1 is 1.06 bits per heavy atom. The minimum absolute atomic E-state index is 0.512. The summed E-state index contributed by atoms with van der Waals surface area (Å²) in [6, 6.07) is 6.73. The first-order chi connectivity index (χ1) is 8.74. The van der Waals surface area contributed by atoms with E-state index >= 15 is 0 Å². The van der Waals surface area contributed by atoms with Crippen molar-refractivity contribution < 1.29 is 9.47 Å². The van der Waals surface area contributed by atoms with Crippen LogP contribution in [0.15, 0.2) is 18.2 Å². The second kappa shape index (κ2) is 7.98. The molecule has 1 atom stereocenters. The predicted octanol–water partition coefficient (Wildman–Crippen LogP) is 3.02. The van der Waals surface area contributed by atoms with Gasteiger partial charge in [0.1, 0.15) is 0 Å². The molecule has 0 aliphatic carbocycles. The monoisotopic (exact) mass is 251 g/mol. The number of hydrogen-bond acceptors (Lipinski definition) is 3. The molecule has 1 unspecified atom stereocenters. The maximum Gasteiger partial charge on any atom is 0.161 e. The third-order valence-corrected chi connectivity index (χ3v) is 2.99. The molecule has 0 spiro atoms. The van der Waals surface area contributed by atoms with Crippen LogP contribution >= 0.6 is 0 Å². The van der Waals surface area contributed by atoms with Crippen molar-refractivity contribution in [1.82, 2.24) is 5.32 Å². The minimum Gasteiger partial charge on any atom is -0.490 e. The molecule has 3 heteroatoms. The van der Waals surface area contributed by atoms with Crippen molar-refractivity contribution in [3.05, 3.63) is 23.8 Å². The van der Waals surface area contributed by atoms with Gasteiger partial charge < -0.3 is 14.8 Å². The Kier molecular flexibility index (Phi) is 6.58. The standard InChI is InChI=1S/C15H25NO2/c1-5-13(16-4)10-12-8-9-14(17-6-2)15(11-12)18-7-3/h8-9,11,13,16H,5-7,10H2,1-4H3. The van der Waals surface area contributed by atoms with Gasteiger partial charge in [-0.05, 0) is 51.4 Å². The van der Waals surface area contributed by atoms with Crippen LogP contribution in [0.5, 0.6) is 11.5 Å². The smallest absolute Gasteiger partial charge is 0.161 e. The van der Waals surface area contributed by atoms with E-state index in [1.54, 1.807) is 0 Å². The predicted molar refractivity (Wildman–Crippen MR) is 75.6 cm³/mol. The number of hydrogen-bond donors (Lipinski definition) is 1. The normalized spacial score (nSPS) is 12.2. The molecule has 0 aromatic heterocycles. The molecule has 1 rings (SSSR count). The van der Waals surface area contributed by atoms with Gasteiger partial charge in [0.05, 0.1) is 13.2 Å². The van der Waals surface area contributed by atoms with E-state index in [1.807, 2.05) is 27.0 Å². The lowest BCUT2D eigenvalue weighted by Gasteiger charge is -2.16. The van der Waals surface area contributed by atoms with E-state index in [0.717, 1.165) is 24.3 Å². The summed E-state index contributed by atoms with van der Waals surface area (Å²) in [5.74, 6) is 1.68. The van der Waals surface area contributed by atoms with Crippen molar-refractivity contribution in [2.75, 3.05) is 20.3 Å². The number of rotatable bonds is 8. The first kappa shape index (κ1) is 14.8. The van der Waals surface area contributed by atoms with E-state index in [-0.39, 0.29) is 0 Å². The summed E-state index contributed by atoms with van der Waals surface area (Å²) < 4.78 is 11.2. The highest BCUT2D eigenvalue weighted by atomic mass is 16.5. The molecule has 18 heavy (non-hydrogen) atoms. The van der Waals surface area contributed by atoms with Gasteiger partial charge in [0.2, 0.25) is 0 Å². The molecule has 1 N–H and O–H groups in total. The van der Waals surface area contributed by atoms with E-state index in [0.29, 0.717) is 19.3 Å². The van der Waals surface area contributed by atoms with E-state index in [4.69, 9.17) is 9.47 Å². The fourth-order valence-corrected chi connectivity index (χ4v) is 1.96. The highest BCUT2D eigenvalue weighted by Crippen LogP contribution is 2.29. The second-order valence-electron chi connectivity index (χ2n) is 4.25. The van der Waals surface area contributed by atoms with Crippen LogP contribution in [0.25, 0.3) is 0 Å². The molecule has 0 fully saturated rings. The van der Waals surface area contributed by atoms with Crippen LogP contribution in [0, 0.1) is 0 Å². The van der Waals surface area contributed by atoms with Crippen LogP contribution in [0.4, 0.5) is 0 Å². The molecule has 102 valence electrons. The van der Waals surface area contributed by atoms with Gasteiger partial charge in [-0.25, -0.2) is 0 Å². The molecule has 3 nitrogen and oxygen atoms in total. The zero-order valence-electron chi connectivity index (χ0n) is 12.0. The van der Waals surface area contributed by atoms with Crippen LogP contribution in [-0.4, -0.2) is 26.3 Å². The van der Waals surface area contributed by atoms with Crippen molar-refractivity contribution in [3.8, 4) is 11.5 Å². The molecule has 1 aromatic rings. The molecule has 0 radical (unpaired) electrons. The summed E-state index contributed by atoms with van der Waals surface area (Å²) in [5.41, 5.74) is 1.28. The lowest BCUT2D eigenvalue weighted by Crippen LogP contribution is -2.26. The number of likely N-dealkylation sites (N-methyl/N-ethyl adjacent to an activating group) is 1. The molecule has 1 aromatic carbocycles. The summed E-state index contributed by atoms with van der Waals surface area (Å²) >= 11 is 0. The second-order valence-corrected chi connectivity index (χ2v) is 4.25. The van der Waals surface area contributed by atoms with Crippen molar-refractivity contribution in [3.63, 3.8) is 0 Å². The molecule has 0 aliphatic rings. The van der Waals surface area contributed by atoms with Gasteiger partial charge in [0.25, 0.3) is 0 Å². The lowest BCUT2D eigenvalue weighted by molar-refractivity contribution is 0.287. The van der Waals surface area contributed by atoms with Crippen LogP contribution in [0.2, 0.25) is 0 Å². The van der Waals surface area contributed by atoms with Gasteiger partial charge in [-0.3, -0.25) is 0 Å². The first-order valence-corrected chi connectivity index (χ1v) is 6.80. The molecule has 0 aliphatic heterocycles. The summed E-state index contributed by atoms with van der Waals surface area (Å²) in [5, 5.41) is 3.32. The topological polar surface area (TPSA) is 30.5 Å². The minimum atomic E-state index is 0.512. The quantitative estimate of drug-likeness (QED) is 0.770. The molecule has 0 saturated carbocycles. The van der Waals surface area contributed by atoms with Crippen LogP contribution in [-0.2, 0) is 6.42 Å². The van der Waals surface area contributed by atoms with E-state index in [2.05, 4.69) is 24.4 Å². The first-order valence-electron chi connectivity index (χ1n) is 6.80. The van der Waals surface area contributed by atoms with Crippen LogP contribution in [0.3, 0.4) is 0 Å². The molecule has 0 bridgehead atoms. The van der Waals surface area contributed by atoms with Crippen molar-refractivity contribution in [2.45, 2.75) is 39.7 Å². The average molecular weight is 251 g/mol. The molecular formula is C15H25NO2. The van der Waals surface area contributed by atoms with Crippen LogP contribution < -0.4 is 14.8 Å². The zero-order chi connectivity index (χ0) is 13.4. The Bertz CT molecular complexity index is 348. The van der Waals surface area contributed by atoms with Crippen LogP contribution in [0.1, 0.15) is 32.8 Å². The average Bonchev–Trinajstić information content (AvgIpc) is 2.39. The third-order valence-electron chi connectivity index (χ3n) is 2.99. The maximum absolute atomic E-state index is 5.63. The molecule has 0 heterocycles. The zero-order valence-corrected chi connectivity index (χ0v) is 12.0. The van der Waals surface area contributed by atoms with Crippen molar-refractivity contribution >= 4 is 0 Å². The highest BCUT2D eigenvalue weighted by Gasteiger charge is 2.09. The van der Waals surface area contributed by atoms with Gasteiger partial charge in [-0.2, -0.15) is 0 Å². The third kappa shape index (κ3) is 4.22. The lowest BCUT2D eigenvalue weighted by atomic mass is 10.0. The summed E-state index contributed by atoms with van der Waals surface area (Å²) in [4.78, 5) is 0. The van der Waals surface area contributed by atoms with Gasteiger partial charge in [0, 0.05) is 6.04 Å². The summed E-state index contributed by atoms with van der Waals surface area (Å²) in [6.45, 7) is 7.49. The number of ether oxygens (including phenoxy) is 2. The molecule has 0 amide bonds. The summed E-state index contributed by atoms with van der Waals surface area (Å²) in [7, 11) is 2.01. The Morgan fingerprint density at radius 2 is 1.72 bits per heavy atom. The number of benzene rings is 1.